The first-order valence-electron chi connectivity index (χ1n) is 8.73. The van der Waals surface area contributed by atoms with E-state index >= 15 is 0 Å². The van der Waals surface area contributed by atoms with Gasteiger partial charge in [-0.1, -0.05) is 17.3 Å². The number of aromatic nitrogens is 2. The summed E-state index contributed by atoms with van der Waals surface area (Å²) in [6, 6.07) is 9.47. The summed E-state index contributed by atoms with van der Waals surface area (Å²) in [7, 11) is 0. The molecule has 0 spiro atoms. The molecule has 0 radical (unpaired) electrons. The highest BCUT2D eigenvalue weighted by Crippen LogP contribution is 2.26. The van der Waals surface area contributed by atoms with Crippen LogP contribution in [0.1, 0.15) is 41.0 Å². The molecule has 4 rings (SSSR count). The molecule has 1 saturated heterocycles. The van der Waals surface area contributed by atoms with Crippen molar-refractivity contribution in [3.05, 3.63) is 66.0 Å². The third-order valence-corrected chi connectivity index (χ3v) is 4.48. The van der Waals surface area contributed by atoms with Crippen LogP contribution in [0.3, 0.4) is 0 Å². The Morgan fingerprint density at radius 2 is 2.19 bits per heavy atom. The van der Waals surface area contributed by atoms with Gasteiger partial charge in [0, 0.05) is 19.0 Å². The Balaban J connectivity index is 1.39. The molecule has 7 nitrogen and oxygen atoms in total. The Morgan fingerprint density at radius 3 is 3.00 bits per heavy atom. The van der Waals surface area contributed by atoms with Crippen LogP contribution in [0.25, 0.3) is 0 Å². The van der Waals surface area contributed by atoms with Crippen molar-refractivity contribution in [1.29, 1.82) is 0 Å². The lowest BCUT2D eigenvalue weighted by atomic mass is 9.97. The van der Waals surface area contributed by atoms with Crippen molar-refractivity contribution in [3.63, 3.8) is 0 Å². The number of para-hydroxylation sites is 1. The van der Waals surface area contributed by atoms with Gasteiger partial charge < -0.3 is 18.6 Å². The predicted octanol–water partition coefficient (Wildman–Crippen LogP) is 3.40. The number of carbonyl (C=O) groups is 1. The number of rotatable bonds is 5. The van der Waals surface area contributed by atoms with E-state index in [2.05, 4.69) is 10.1 Å². The molecule has 3 heterocycles. The topological polar surface area (TPSA) is 81.6 Å². The van der Waals surface area contributed by atoms with E-state index in [1.54, 1.807) is 29.2 Å². The Bertz CT molecular complexity index is 909. The normalized spacial score (nSPS) is 17.1. The molecule has 0 N–H and O–H groups in total. The number of nitrogens with zero attached hydrogens (tertiary/aromatic N) is 3. The third-order valence-electron chi connectivity index (χ3n) is 4.48. The van der Waals surface area contributed by atoms with E-state index in [1.165, 1.54) is 18.4 Å². The average molecular weight is 371 g/mol. The molecule has 0 saturated carbocycles. The van der Waals surface area contributed by atoms with Crippen LogP contribution in [-0.4, -0.2) is 34.0 Å². The van der Waals surface area contributed by atoms with Crippen LogP contribution >= 0.6 is 0 Å². The summed E-state index contributed by atoms with van der Waals surface area (Å²) in [5.41, 5.74) is 0. The number of hydrogen-bond donors (Lipinski definition) is 0. The van der Waals surface area contributed by atoms with Gasteiger partial charge in [0.05, 0.1) is 6.26 Å². The number of benzene rings is 1. The fraction of sp³-hybridized carbons (Fsp3) is 0.316. The molecular weight excluding hydrogens is 353 g/mol. The van der Waals surface area contributed by atoms with E-state index in [0.717, 1.165) is 12.8 Å². The second-order valence-electron chi connectivity index (χ2n) is 6.33. The Morgan fingerprint density at radius 1 is 1.30 bits per heavy atom. The van der Waals surface area contributed by atoms with E-state index in [-0.39, 0.29) is 30.1 Å². The molecule has 27 heavy (non-hydrogen) atoms. The molecule has 1 aliphatic heterocycles. The maximum atomic E-state index is 13.6. The van der Waals surface area contributed by atoms with Crippen LogP contribution in [-0.2, 0) is 6.61 Å². The molecule has 8 heteroatoms. The van der Waals surface area contributed by atoms with Crippen LogP contribution < -0.4 is 4.74 Å². The van der Waals surface area contributed by atoms with Crippen molar-refractivity contribution in [2.75, 3.05) is 13.1 Å². The van der Waals surface area contributed by atoms with Gasteiger partial charge in [-0.3, -0.25) is 4.79 Å². The molecular formula is C19H18FN3O4. The summed E-state index contributed by atoms with van der Waals surface area (Å²) in [6.45, 7) is 1.14. The standard InChI is InChI=1S/C19H18FN3O4/c20-14-6-1-2-7-15(14)26-12-17-21-18(22-27-17)13-5-3-9-23(11-13)19(24)16-8-4-10-25-16/h1-2,4,6-8,10,13H,3,5,9,11-12H2. The molecule has 1 atom stereocenters. The van der Waals surface area contributed by atoms with Gasteiger partial charge in [-0.15, -0.1) is 0 Å². The number of halogens is 1. The number of likely N-dealkylation sites (tertiary alicyclic amines) is 1. The summed E-state index contributed by atoms with van der Waals surface area (Å²) in [5, 5.41) is 4.01. The van der Waals surface area contributed by atoms with Crippen molar-refractivity contribution >= 4 is 5.91 Å². The van der Waals surface area contributed by atoms with E-state index in [4.69, 9.17) is 13.7 Å². The van der Waals surface area contributed by atoms with E-state index in [0.29, 0.717) is 24.7 Å². The zero-order valence-corrected chi connectivity index (χ0v) is 14.5. The summed E-state index contributed by atoms with van der Waals surface area (Å²) in [4.78, 5) is 18.5. The Kier molecular flexibility index (Phi) is 4.86. The quantitative estimate of drug-likeness (QED) is 0.684. The minimum Gasteiger partial charge on any atom is -0.481 e. The minimum atomic E-state index is -0.448. The van der Waals surface area contributed by atoms with Crippen LogP contribution in [0.2, 0.25) is 0 Å². The van der Waals surface area contributed by atoms with Crippen molar-refractivity contribution in [3.8, 4) is 5.75 Å². The van der Waals surface area contributed by atoms with Gasteiger partial charge in [-0.2, -0.15) is 4.98 Å². The monoisotopic (exact) mass is 371 g/mol. The van der Waals surface area contributed by atoms with Gasteiger partial charge in [0.25, 0.3) is 11.8 Å². The Hall–Kier alpha value is -3.16. The highest BCUT2D eigenvalue weighted by molar-refractivity contribution is 5.91. The van der Waals surface area contributed by atoms with Gasteiger partial charge >= 0.3 is 0 Å². The lowest BCUT2D eigenvalue weighted by Gasteiger charge is -2.30. The number of carbonyl (C=O) groups excluding carboxylic acids is 1. The van der Waals surface area contributed by atoms with Crippen molar-refractivity contribution in [2.45, 2.75) is 25.4 Å². The smallest absolute Gasteiger partial charge is 0.289 e. The number of ether oxygens (including phenoxy) is 1. The number of furan rings is 1. The highest BCUT2D eigenvalue weighted by Gasteiger charge is 2.29. The molecule has 1 amide bonds. The molecule has 1 fully saturated rings. The minimum absolute atomic E-state index is 0.0182. The predicted molar refractivity (Wildman–Crippen MR) is 91.6 cm³/mol. The zero-order valence-electron chi connectivity index (χ0n) is 14.5. The molecule has 1 aromatic carbocycles. The molecule has 1 aliphatic rings. The van der Waals surface area contributed by atoms with Crippen LogP contribution in [0.15, 0.2) is 51.6 Å². The Labute approximate surface area is 154 Å². The summed E-state index contributed by atoms with van der Waals surface area (Å²) < 4.78 is 29.4. The highest BCUT2D eigenvalue weighted by atomic mass is 19.1. The van der Waals surface area contributed by atoms with Gasteiger partial charge in [0.2, 0.25) is 0 Å². The fourth-order valence-corrected chi connectivity index (χ4v) is 3.12. The maximum absolute atomic E-state index is 13.6. The molecule has 2 aromatic heterocycles. The van der Waals surface area contributed by atoms with Crippen molar-refractivity contribution in [1.82, 2.24) is 15.0 Å². The molecule has 0 aliphatic carbocycles. The number of piperidine rings is 1. The molecule has 1 unspecified atom stereocenters. The second kappa shape index (κ2) is 7.61. The first kappa shape index (κ1) is 17.3. The van der Waals surface area contributed by atoms with Gasteiger partial charge in [-0.05, 0) is 37.1 Å². The first-order valence-corrected chi connectivity index (χ1v) is 8.73. The summed E-state index contributed by atoms with van der Waals surface area (Å²) in [5.74, 6) is 0.631. The number of amides is 1. The summed E-state index contributed by atoms with van der Waals surface area (Å²) >= 11 is 0. The van der Waals surface area contributed by atoms with Gasteiger partial charge in [0.15, 0.2) is 29.8 Å². The first-order chi connectivity index (χ1) is 13.2. The largest absolute Gasteiger partial charge is 0.481 e. The van der Waals surface area contributed by atoms with Gasteiger partial charge in [0.1, 0.15) is 0 Å². The molecule has 140 valence electrons. The summed E-state index contributed by atoms with van der Waals surface area (Å²) in [6.07, 6.45) is 3.18. The van der Waals surface area contributed by atoms with Crippen LogP contribution in [0.4, 0.5) is 4.39 Å². The third kappa shape index (κ3) is 3.84. The van der Waals surface area contributed by atoms with E-state index < -0.39 is 5.82 Å². The lowest BCUT2D eigenvalue weighted by molar-refractivity contribution is 0.0671. The van der Waals surface area contributed by atoms with E-state index in [1.807, 2.05) is 0 Å². The molecule has 3 aromatic rings. The van der Waals surface area contributed by atoms with Crippen molar-refractivity contribution < 1.29 is 22.9 Å². The lowest BCUT2D eigenvalue weighted by Crippen LogP contribution is -2.39. The molecule has 0 bridgehead atoms. The maximum Gasteiger partial charge on any atom is 0.289 e. The zero-order chi connectivity index (χ0) is 18.6. The van der Waals surface area contributed by atoms with Gasteiger partial charge in [-0.25, -0.2) is 4.39 Å². The fourth-order valence-electron chi connectivity index (χ4n) is 3.12. The SMILES string of the molecule is O=C(c1ccco1)N1CCCC(c2noc(COc3ccccc3F)n2)C1. The second-order valence-corrected chi connectivity index (χ2v) is 6.33. The van der Waals surface area contributed by atoms with Crippen LogP contribution in [0.5, 0.6) is 5.75 Å². The van der Waals surface area contributed by atoms with E-state index in [9.17, 15) is 9.18 Å². The van der Waals surface area contributed by atoms with Crippen LogP contribution in [0, 0.1) is 5.82 Å². The van der Waals surface area contributed by atoms with Crippen molar-refractivity contribution in [2.24, 2.45) is 0 Å². The average Bonchev–Trinajstić information content (AvgIpc) is 3.39. The number of hydrogen-bond acceptors (Lipinski definition) is 6.